The van der Waals surface area contributed by atoms with Gasteiger partial charge in [0.15, 0.2) is 0 Å². The molecule has 110 valence electrons. The van der Waals surface area contributed by atoms with Crippen LogP contribution in [0.5, 0.6) is 0 Å². The zero-order chi connectivity index (χ0) is 14.0. The highest BCUT2D eigenvalue weighted by Crippen LogP contribution is 2.32. The lowest BCUT2D eigenvalue weighted by Crippen LogP contribution is -2.54. The van der Waals surface area contributed by atoms with Gasteiger partial charge >= 0.3 is 0 Å². The number of nitrogens with one attached hydrogen (secondary N) is 1. The Morgan fingerprint density at radius 3 is 2.45 bits per heavy atom. The van der Waals surface area contributed by atoms with Crippen molar-refractivity contribution in [1.29, 1.82) is 0 Å². The maximum Gasteiger partial charge on any atom is 0.0799 e. The first kappa shape index (κ1) is 14.1. The fourth-order valence-corrected chi connectivity index (χ4v) is 3.05. The number of hydrogen-bond acceptors (Lipinski definition) is 3. The van der Waals surface area contributed by atoms with Crippen LogP contribution in [0.1, 0.15) is 31.2 Å². The fraction of sp³-hybridized carbons (Fsp3) is 0.647. The predicted octanol–water partition coefficient (Wildman–Crippen LogP) is 1.97. The van der Waals surface area contributed by atoms with Crippen molar-refractivity contribution in [3.8, 4) is 0 Å². The topological polar surface area (TPSA) is 35.5 Å². The maximum atomic E-state index is 10.1. The molecule has 0 radical (unpaired) electrons. The van der Waals surface area contributed by atoms with Crippen molar-refractivity contribution in [3.63, 3.8) is 0 Å². The summed E-state index contributed by atoms with van der Waals surface area (Å²) in [5.41, 5.74) is 0.892. The lowest BCUT2D eigenvalue weighted by Gasteiger charge is -2.37. The second kappa shape index (κ2) is 5.84. The summed E-state index contributed by atoms with van der Waals surface area (Å²) in [4.78, 5) is 2.39. The number of aliphatic hydroxyl groups is 1. The van der Waals surface area contributed by atoms with Gasteiger partial charge in [-0.25, -0.2) is 0 Å². The third kappa shape index (κ3) is 3.40. The van der Waals surface area contributed by atoms with Crippen molar-refractivity contribution in [2.75, 3.05) is 26.7 Å². The predicted molar refractivity (Wildman–Crippen MR) is 81.6 cm³/mol. The van der Waals surface area contributed by atoms with Crippen LogP contribution in [0.25, 0.3) is 0 Å². The van der Waals surface area contributed by atoms with Crippen molar-refractivity contribution < 1.29 is 5.11 Å². The Labute approximate surface area is 122 Å². The lowest BCUT2D eigenvalue weighted by molar-refractivity contribution is 0.114. The highest BCUT2D eigenvalue weighted by atomic mass is 16.3. The van der Waals surface area contributed by atoms with E-state index in [1.165, 1.54) is 31.2 Å². The average molecular weight is 274 g/mol. The van der Waals surface area contributed by atoms with Gasteiger partial charge < -0.3 is 15.3 Å². The number of hydrogen-bond donors (Lipinski definition) is 2. The highest BCUT2D eigenvalue weighted by molar-refractivity contribution is 5.26. The zero-order valence-electron chi connectivity index (χ0n) is 12.4. The van der Waals surface area contributed by atoms with Gasteiger partial charge in [-0.3, -0.25) is 0 Å². The summed E-state index contributed by atoms with van der Waals surface area (Å²) >= 11 is 0. The van der Waals surface area contributed by atoms with Crippen molar-refractivity contribution in [3.05, 3.63) is 35.9 Å². The molecular weight excluding hydrogens is 248 g/mol. The number of benzene rings is 1. The molecule has 1 unspecified atom stereocenters. The van der Waals surface area contributed by atoms with E-state index in [-0.39, 0.29) is 12.1 Å². The molecule has 2 fully saturated rings. The van der Waals surface area contributed by atoms with E-state index >= 15 is 0 Å². The summed E-state index contributed by atoms with van der Waals surface area (Å²) in [7, 11) is 2.18. The van der Waals surface area contributed by atoms with Gasteiger partial charge in [-0.15, -0.1) is 0 Å². The van der Waals surface area contributed by atoms with Crippen LogP contribution in [0, 0.1) is 5.92 Å². The van der Waals surface area contributed by atoms with Crippen LogP contribution in [0.2, 0.25) is 0 Å². The Hall–Kier alpha value is -0.900. The second-order valence-corrected chi connectivity index (χ2v) is 6.66. The molecule has 0 saturated heterocycles. The minimum atomic E-state index is -0.313. The van der Waals surface area contributed by atoms with Gasteiger partial charge in [-0.2, -0.15) is 0 Å². The fourth-order valence-electron chi connectivity index (χ4n) is 3.05. The van der Waals surface area contributed by atoms with E-state index in [0.717, 1.165) is 19.0 Å². The van der Waals surface area contributed by atoms with Crippen LogP contribution in [0.4, 0.5) is 0 Å². The molecule has 2 aliphatic carbocycles. The number of rotatable bonds is 8. The Morgan fingerprint density at radius 2 is 1.90 bits per heavy atom. The highest BCUT2D eigenvalue weighted by Gasteiger charge is 2.38. The molecule has 0 bridgehead atoms. The third-order valence-electron chi connectivity index (χ3n) is 4.46. The van der Waals surface area contributed by atoms with Gasteiger partial charge in [0.05, 0.1) is 12.1 Å². The summed E-state index contributed by atoms with van der Waals surface area (Å²) in [5, 5.41) is 13.8. The maximum absolute atomic E-state index is 10.1. The molecule has 1 atom stereocenters. The van der Waals surface area contributed by atoms with Crippen LogP contribution in [-0.2, 0) is 5.54 Å². The summed E-state index contributed by atoms with van der Waals surface area (Å²) in [6.45, 7) is 2.18. The molecule has 3 rings (SSSR count). The summed E-state index contributed by atoms with van der Waals surface area (Å²) in [6, 6.07) is 11.0. The van der Waals surface area contributed by atoms with Crippen molar-refractivity contribution in [1.82, 2.24) is 10.2 Å². The van der Waals surface area contributed by atoms with Crippen molar-refractivity contribution in [2.45, 2.75) is 37.3 Å². The Balaban J connectivity index is 1.76. The van der Waals surface area contributed by atoms with Gasteiger partial charge in [-0.05, 0) is 44.2 Å². The normalized spacial score (nSPS) is 21.9. The van der Waals surface area contributed by atoms with Crippen LogP contribution in [0.3, 0.4) is 0 Å². The SMILES string of the molecule is CN(CC1CC1)CC(CO)(NC1CC1)c1ccccc1. The van der Waals surface area contributed by atoms with Gasteiger partial charge in [-0.1, -0.05) is 30.3 Å². The molecule has 1 aromatic rings. The molecule has 3 heteroatoms. The first-order valence-corrected chi connectivity index (χ1v) is 7.84. The van der Waals surface area contributed by atoms with Crippen molar-refractivity contribution >= 4 is 0 Å². The standard InChI is InChI=1S/C17H26N2O/c1-19(11-14-7-8-14)12-17(13-20,18-16-9-10-16)15-5-3-2-4-6-15/h2-6,14,16,18,20H,7-13H2,1H3. The minimum absolute atomic E-state index is 0.155. The van der Waals surface area contributed by atoms with Crippen molar-refractivity contribution in [2.24, 2.45) is 5.92 Å². The third-order valence-corrected chi connectivity index (χ3v) is 4.46. The van der Waals surface area contributed by atoms with Gasteiger partial charge in [0.25, 0.3) is 0 Å². The smallest absolute Gasteiger partial charge is 0.0799 e. The van der Waals surface area contributed by atoms with E-state index in [2.05, 4.69) is 41.5 Å². The van der Waals surface area contributed by atoms with Crippen LogP contribution in [0.15, 0.2) is 30.3 Å². The lowest BCUT2D eigenvalue weighted by atomic mass is 9.89. The number of aliphatic hydroxyl groups excluding tert-OH is 1. The van der Waals surface area contributed by atoms with Crippen LogP contribution in [-0.4, -0.2) is 42.8 Å². The minimum Gasteiger partial charge on any atom is -0.394 e. The quantitative estimate of drug-likeness (QED) is 0.761. The zero-order valence-corrected chi connectivity index (χ0v) is 12.4. The van der Waals surface area contributed by atoms with Gasteiger partial charge in [0.1, 0.15) is 0 Å². The number of nitrogens with zero attached hydrogens (tertiary/aromatic N) is 1. The van der Waals surface area contributed by atoms with Crippen LogP contribution >= 0.6 is 0 Å². The second-order valence-electron chi connectivity index (χ2n) is 6.66. The van der Waals surface area contributed by atoms with E-state index < -0.39 is 0 Å². The molecule has 2 saturated carbocycles. The largest absolute Gasteiger partial charge is 0.394 e. The van der Waals surface area contributed by atoms with E-state index in [4.69, 9.17) is 0 Å². The van der Waals surface area contributed by atoms with Gasteiger partial charge in [0.2, 0.25) is 0 Å². The molecule has 0 amide bonds. The summed E-state index contributed by atoms with van der Waals surface area (Å²) in [5.74, 6) is 0.882. The molecule has 2 N–H and O–H groups in total. The molecule has 0 aliphatic heterocycles. The first-order valence-electron chi connectivity index (χ1n) is 7.84. The Morgan fingerprint density at radius 1 is 1.20 bits per heavy atom. The molecule has 3 nitrogen and oxygen atoms in total. The first-order chi connectivity index (χ1) is 9.72. The molecule has 2 aliphatic rings. The number of likely N-dealkylation sites (N-methyl/N-ethyl adjacent to an activating group) is 1. The summed E-state index contributed by atoms with van der Waals surface area (Å²) in [6.07, 6.45) is 5.22. The summed E-state index contributed by atoms with van der Waals surface area (Å²) < 4.78 is 0. The monoisotopic (exact) mass is 274 g/mol. The molecule has 20 heavy (non-hydrogen) atoms. The molecule has 0 aromatic heterocycles. The van der Waals surface area contributed by atoms with Crippen LogP contribution < -0.4 is 5.32 Å². The average Bonchev–Trinajstić information content (AvgIpc) is 3.35. The van der Waals surface area contributed by atoms with E-state index in [1.54, 1.807) is 0 Å². The molecule has 0 heterocycles. The Bertz CT molecular complexity index is 428. The van der Waals surface area contributed by atoms with Gasteiger partial charge in [0, 0.05) is 19.1 Å². The van der Waals surface area contributed by atoms with E-state index in [0.29, 0.717) is 6.04 Å². The van der Waals surface area contributed by atoms with E-state index in [1.807, 2.05) is 6.07 Å². The Kier molecular flexibility index (Phi) is 4.11. The van der Waals surface area contributed by atoms with E-state index in [9.17, 15) is 5.11 Å². The molecule has 1 aromatic carbocycles. The molecular formula is C17H26N2O. The molecule has 0 spiro atoms.